The number of carbonyl (C=O) groups excluding carboxylic acids is 2. The van der Waals surface area contributed by atoms with Crippen LogP contribution in [0.2, 0.25) is 0 Å². The van der Waals surface area contributed by atoms with Gasteiger partial charge in [0, 0.05) is 29.4 Å². The number of aryl methyl sites for hydroxylation is 1. The van der Waals surface area contributed by atoms with E-state index in [1.807, 2.05) is 6.07 Å². The summed E-state index contributed by atoms with van der Waals surface area (Å²) in [4.78, 5) is 29.7. The monoisotopic (exact) mass is 474 g/mol. The van der Waals surface area contributed by atoms with Crippen molar-refractivity contribution >= 4 is 17.4 Å². The average molecular weight is 474 g/mol. The molecular weight excluding hydrogens is 453 g/mol. The Hall–Kier alpha value is -4.26. The lowest BCUT2D eigenvalue weighted by Gasteiger charge is -2.26. The van der Waals surface area contributed by atoms with Crippen LogP contribution in [0.4, 0.5) is 18.9 Å². The number of nitrogens with zero attached hydrogens (tertiary/aromatic N) is 2. The molecule has 0 unspecified atom stereocenters. The van der Waals surface area contributed by atoms with Crippen molar-refractivity contribution in [2.45, 2.75) is 19.1 Å². The molecule has 4 aromatic rings. The molecular formula is C28H21F3N2O2. The summed E-state index contributed by atoms with van der Waals surface area (Å²) in [5.74, 6) is -1.42. The predicted molar refractivity (Wildman–Crippen MR) is 128 cm³/mol. The zero-order chi connectivity index (χ0) is 24.8. The Kier molecular flexibility index (Phi) is 7.06. The number of hydrogen-bond donors (Lipinski definition) is 0. The highest BCUT2D eigenvalue weighted by Gasteiger charge is 2.43. The van der Waals surface area contributed by atoms with Gasteiger partial charge in [0.05, 0.1) is 5.69 Å². The van der Waals surface area contributed by atoms with Crippen molar-refractivity contribution in [3.8, 4) is 11.1 Å². The molecule has 4 nitrogen and oxygen atoms in total. The predicted octanol–water partition coefficient (Wildman–Crippen LogP) is 6.73. The highest BCUT2D eigenvalue weighted by atomic mass is 19.4. The first kappa shape index (κ1) is 23.9. The normalized spacial score (nSPS) is 11.2. The van der Waals surface area contributed by atoms with E-state index in [0.717, 1.165) is 17.8 Å². The second-order valence-corrected chi connectivity index (χ2v) is 7.81. The quantitative estimate of drug-likeness (QED) is 0.220. The van der Waals surface area contributed by atoms with Gasteiger partial charge in [-0.2, -0.15) is 0 Å². The number of rotatable bonds is 7. The largest absolute Gasteiger partial charge is 0.491 e. The number of hydrogen-bond acceptors (Lipinski definition) is 3. The Morgan fingerprint density at radius 1 is 0.771 bits per heavy atom. The van der Waals surface area contributed by atoms with Crippen molar-refractivity contribution in [1.29, 1.82) is 0 Å². The number of aromatic nitrogens is 1. The minimum Gasteiger partial charge on any atom is -0.294 e. The number of halogens is 3. The Morgan fingerprint density at radius 2 is 1.43 bits per heavy atom. The van der Waals surface area contributed by atoms with Gasteiger partial charge in [0.2, 0.25) is 0 Å². The van der Waals surface area contributed by atoms with E-state index in [9.17, 15) is 22.8 Å². The summed E-state index contributed by atoms with van der Waals surface area (Å²) in [5, 5.41) is 0. The van der Waals surface area contributed by atoms with E-state index in [0.29, 0.717) is 17.5 Å². The smallest absolute Gasteiger partial charge is 0.294 e. The summed E-state index contributed by atoms with van der Waals surface area (Å²) in [5.41, 5.74) is 1.60. The van der Waals surface area contributed by atoms with Crippen LogP contribution in [-0.4, -0.2) is 23.0 Å². The SMILES string of the molecule is O=C(CCc1ccccn1)c1ccc(N(C(=O)c2ccccc2-c2ccccc2)C(F)(F)F)cc1. The van der Waals surface area contributed by atoms with Crippen LogP contribution >= 0.6 is 0 Å². The molecule has 0 N–H and O–H groups in total. The van der Waals surface area contributed by atoms with Crippen LogP contribution in [0.1, 0.15) is 32.8 Å². The number of amides is 1. The maximum atomic E-state index is 14.1. The number of carbonyl (C=O) groups is 2. The van der Waals surface area contributed by atoms with E-state index in [1.165, 1.54) is 24.3 Å². The number of Topliss-reactive ketones (excluding diaryl/α,β-unsaturated/α-hetero) is 1. The van der Waals surface area contributed by atoms with Crippen LogP contribution in [0.25, 0.3) is 11.1 Å². The first-order chi connectivity index (χ1) is 16.8. The van der Waals surface area contributed by atoms with Crippen molar-refractivity contribution < 1.29 is 22.8 Å². The van der Waals surface area contributed by atoms with E-state index in [-0.39, 0.29) is 33.9 Å². The average Bonchev–Trinajstić information content (AvgIpc) is 2.88. The molecule has 0 aliphatic carbocycles. The summed E-state index contributed by atoms with van der Waals surface area (Å²) in [6, 6.07) is 25.2. The molecule has 176 valence electrons. The van der Waals surface area contributed by atoms with Gasteiger partial charge in [-0.15, -0.1) is 13.2 Å². The summed E-state index contributed by atoms with van der Waals surface area (Å²) in [6.07, 6.45) is -2.74. The van der Waals surface area contributed by atoms with Gasteiger partial charge >= 0.3 is 6.30 Å². The molecule has 1 amide bonds. The van der Waals surface area contributed by atoms with Crippen molar-refractivity contribution in [3.63, 3.8) is 0 Å². The number of alkyl halides is 3. The van der Waals surface area contributed by atoms with E-state index in [2.05, 4.69) is 4.98 Å². The van der Waals surface area contributed by atoms with Crippen LogP contribution in [-0.2, 0) is 6.42 Å². The van der Waals surface area contributed by atoms with Crippen molar-refractivity contribution in [3.05, 3.63) is 120 Å². The van der Waals surface area contributed by atoms with Gasteiger partial charge in [-0.05, 0) is 60.0 Å². The zero-order valence-corrected chi connectivity index (χ0v) is 18.6. The highest BCUT2D eigenvalue weighted by molar-refractivity contribution is 6.10. The molecule has 1 aromatic heterocycles. The molecule has 0 saturated carbocycles. The van der Waals surface area contributed by atoms with Gasteiger partial charge in [-0.1, -0.05) is 54.6 Å². The van der Waals surface area contributed by atoms with Gasteiger partial charge in [0.25, 0.3) is 5.91 Å². The van der Waals surface area contributed by atoms with Crippen molar-refractivity contribution in [2.24, 2.45) is 0 Å². The maximum absolute atomic E-state index is 14.1. The fourth-order valence-electron chi connectivity index (χ4n) is 3.77. The zero-order valence-electron chi connectivity index (χ0n) is 18.6. The first-order valence-corrected chi connectivity index (χ1v) is 10.9. The van der Waals surface area contributed by atoms with Gasteiger partial charge in [0.15, 0.2) is 5.78 Å². The number of ketones is 1. The first-order valence-electron chi connectivity index (χ1n) is 10.9. The summed E-state index contributed by atoms with van der Waals surface area (Å²) >= 11 is 0. The molecule has 0 atom stereocenters. The fraction of sp³-hybridized carbons (Fsp3) is 0.107. The minimum atomic E-state index is -4.97. The second kappa shape index (κ2) is 10.3. The summed E-state index contributed by atoms with van der Waals surface area (Å²) in [6.45, 7) is 0. The number of pyridine rings is 1. The molecule has 0 aliphatic rings. The maximum Gasteiger partial charge on any atom is 0.491 e. The Bertz CT molecular complexity index is 1310. The van der Waals surface area contributed by atoms with Crippen LogP contribution < -0.4 is 4.90 Å². The molecule has 0 saturated heterocycles. The minimum absolute atomic E-state index is 0.0773. The second-order valence-electron chi connectivity index (χ2n) is 7.81. The van der Waals surface area contributed by atoms with E-state index in [4.69, 9.17) is 0 Å². The van der Waals surface area contributed by atoms with Gasteiger partial charge in [0.1, 0.15) is 0 Å². The highest BCUT2D eigenvalue weighted by Crippen LogP contribution is 2.33. The van der Waals surface area contributed by atoms with Crippen LogP contribution in [0.5, 0.6) is 0 Å². The molecule has 7 heteroatoms. The molecule has 0 bridgehead atoms. The Labute approximate surface area is 200 Å². The van der Waals surface area contributed by atoms with E-state index in [1.54, 1.807) is 60.8 Å². The molecule has 35 heavy (non-hydrogen) atoms. The van der Waals surface area contributed by atoms with Gasteiger partial charge in [-0.3, -0.25) is 14.6 Å². The molecule has 1 heterocycles. The van der Waals surface area contributed by atoms with Crippen LogP contribution in [0, 0.1) is 0 Å². The van der Waals surface area contributed by atoms with Crippen molar-refractivity contribution in [2.75, 3.05) is 4.90 Å². The van der Waals surface area contributed by atoms with Gasteiger partial charge < -0.3 is 0 Å². The topological polar surface area (TPSA) is 50.3 Å². The van der Waals surface area contributed by atoms with Crippen LogP contribution in [0.3, 0.4) is 0 Å². The fourth-order valence-corrected chi connectivity index (χ4v) is 3.77. The lowest BCUT2D eigenvalue weighted by Crippen LogP contribution is -2.43. The third kappa shape index (κ3) is 5.63. The molecule has 0 spiro atoms. The molecule has 3 aromatic carbocycles. The van der Waals surface area contributed by atoms with E-state index >= 15 is 0 Å². The molecule has 4 rings (SSSR count). The van der Waals surface area contributed by atoms with E-state index < -0.39 is 12.2 Å². The van der Waals surface area contributed by atoms with Crippen molar-refractivity contribution in [1.82, 2.24) is 4.98 Å². The molecule has 0 aliphatic heterocycles. The molecule has 0 radical (unpaired) electrons. The number of anilines is 1. The number of benzene rings is 3. The Morgan fingerprint density at radius 3 is 2.09 bits per heavy atom. The lowest BCUT2D eigenvalue weighted by molar-refractivity contribution is -0.122. The lowest BCUT2D eigenvalue weighted by atomic mass is 9.98. The Balaban J connectivity index is 1.59. The van der Waals surface area contributed by atoms with Crippen LogP contribution in [0.15, 0.2) is 103 Å². The molecule has 0 fully saturated rings. The van der Waals surface area contributed by atoms with Gasteiger partial charge in [-0.25, -0.2) is 4.90 Å². The third-order valence-corrected chi connectivity index (χ3v) is 5.48. The third-order valence-electron chi connectivity index (χ3n) is 5.48. The standard InChI is InChI=1S/C28H21F3N2O2/c29-28(30,31)33(27(35)25-12-5-4-11-24(25)20-8-2-1-3-9-20)23-16-13-21(14-17-23)26(34)18-15-22-10-6-7-19-32-22/h1-14,16-17,19H,15,18H2. The summed E-state index contributed by atoms with van der Waals surface area (Å²) in [7, 11) is 0. The summed E-state index contributed by atoms with van der Waals surface area (Å²) < 4.78 is 42.2.